The molecule has 0 unspecified atom stereocenters. The Morgan fingerprint density at radius 3 is 2.69 bits per heavy atom. The van der Waals surface area contributed by atoms with Gasteiger partial charge in [-0.05, 0) is 32.8 Å². The molecular formula is C13H13NO2. The molecule has 0 fully saturated rings. The van der Waals surface area contributed by atoms with E-state index >= 15 is 0 Å². The summed E-state index contributed by atoms with van der Waals surface area (Å²) in [5.41, 5.74) is 3.92. The first-order valence-electron chi connectivity index (χ1n) is 5.60. The third-order valence-electron chi connectivity index (χ3n) is 3.61. The average Bonchev–Trinajstić information content (AvgIpc) is 2.78. The van der Waals surface area contributed by atoms with Gasteiger partial charge in [0.2, 0.25) is 0 Å². The summed E-state index contributed by atoms with van der Waals surface area (Å²) in [6.45, 7) is 4.60. The van der Waals surface area contributed by atoms with Gasteiger partial charge in [0.15, 0.2) is 11.6 Å². The van der Waals surface area contributed by atoms with Gasteiger partial charge in [0, 0.05) is 23.5 Å². The minimum atomic E-state index is -0.00787. The van der Waals surface area contributed by atoms with E-state index in [0.717, 1.165) is 30.8 Å². The lowest BCUT2D eigenvalue weighted by Crippen LogP contribution is -2.15. The minimum absolute atomic E-state index is 0.00787. The monoisotopic (exact) mass is 215 g/mol. The third kappa shape index (κ3) is 0.979. The third-order valence-corrected chi connectivity index (χ3v) is 3.61. The van der Waals surface area contributed by atoms with Crippen molar-refractivity contribution in [2.45, 2.75) is 33.2 Å². The molecule has 2 aliphatic rings. The fourth-order valence-electron chi connectivity index (χ4n) is 2.84. The van der Waals surface area contributed by atoms with Gasteiger partial charge in [-0.1, -0.05) is 0 Å². The van der Waals surface area contributed by atoms with Gasteiger partial charge in [-0.3, -0.25) is 9.59 Å². The summed E-state index contributed by atoms with van der Waals surface area (Å²) >= 11 is 0. The van der Waals surface area contributed by atoms with Crippen molar-refractivity contribution in [3.05, 3.63) is 34.2 Å². The molecule has 3 nitrogen and oxygen atoms in total. The Morgan fingerprint density at radius 2 is 1.94 bits per heavy atom. The summed E-state index contributed by atoms with van der Waals surface area (Å²) in [4.78, 5) is 24.0. The van der Waals surface area contributed by atoms with Crippen LogP contribution < -0.4 is 0 Å². The van der Waals surface area contributed by atoms with Gasteiger partial charge >= 0.3 is 0 Å². The molecule has 0 saturated carbocycles. The van der Waals surface area contributed by atoms with E-state index in [4.69, 9.17) is 0 Å². The number of allylic oxidation sites excluding steroid dienone is 2. The number of fused-ring (bicyclic) bond motifs is 3. The van der Waals surface area contributed by atoms with E-state index < -0.39 is 0 Å². The van der Waals surface area contributed by atoms with E-state index in [0.29, 0.717) is 16.7 Å². The van der Waals surface area contributed by atoms with Crippen LogP contribution in [0.2, 0.25) is 0 Å². The van der Waals surface area contributed by atoms with Gasteiger partial charge in [0.1, 0.15) is 0 Å². The summed E-state index contributed by atoms with van der Waals surface area (Å²) in [6, 6.07) is 0. The number of Topliss-reactive ketones (excluding diaryl/α,β-unsaturated/α-hetero) is 1. The molecule has 1 aliphatic carbocycles. The molecular weight excluding hydrogens is 202 g/mol. The summed E-state index contributed by atoms with van der Waals surface area (Å²) in [6.07, 6.45) is 3.46. The largest absolute Gasteiger partial charge is 0.347 e. The maximum absolute atomic E-state index is 12.1. The highest BCUT2D eigenvalue weighted by molar-refractivity contribution is 6.25. The van der Waals surface area contributed by atoms with Crippen LogP contribution in [-0.2, 0) is 13.0 Å². The smallest absolute Gasteiger partial charge is 0.191 e. The van der Waals surface area contributed by atoms with Gasteiger partial charge in [-0.15, -0.1) is 0 Å². The van der Waals surface area contributed by atoms with Crippen LogP contribution in [0.4, 0.5) is 0 Å². The molecule has 0 N–H and O–H groups in total. The Bertz CT molecular complexity index is 561. The normalized spacial score (nSPS) is 18.5. The number of carbonyl (C=O) groups is 2. The number of nitrogens with zero attached hydrogens (tertiary/aromatic N) is 1. The number of carbonyl (C=O) groups excluding carboxylic acids is 2. The Morgan fingerprint density at radius 1 is 1.19 bits per heavy atom. The van der Waals surface area contributed by atoms with Crippen molar-refractivity contribution in [1.82, 2.24) is 4.57 Å². The Balaban J connectivity index is 2.35. The van der Waals surface area contributed by atoms with E-state index in [1.54, 1.807) is 6.92 Å². The molecule has 0 radical (unpaired) electrons. The lowest BCUT2D eigenvalue weighted by molar-refractivity contribution is 0.0984. The molecule has 1 aliphatic heterocycles. The first-order chi connectivity index (χ1) is 7.61. The van der Waals surface area contributed by atoms with Crippen molar-refractivity contribution in [2.24, 2.45) is 0 Å². The van der Waals surface area contributed by atoms with Gasteiger partial charge in [0.25, 0.3) is 0 Å². The minimum Gasteiger partial charge on any atom is -0.347 e. The summed E-state index contributed by atoms with van der Waals surface area (Å²) in [5, 5.41) is 0. The van der Waals surface area contributed by atoms with E-state index in [1.807, 2.05) is 6.92 Å². The van der Waals surface area contributed by atoms with Crippen LogP contribution in [0.15, 0.2) is 11.6 Å². The van der Waals surface area contributed by atoms with E-state index in [2.05, 4.69) is 4.57 Å². The van der Waals surface area contributed by atoms with Crippen LogP contribution in [0.5, 0.6) is 0 Å². The highest BCUT2D eigenvalue weighted by Gasteiger charge is 2.33. The van der Waals surface area contributed by atoms with Gasteiger partial charge in [-0.25, -0.2) is 0 Å². The molecule has 0 saturated heterocycles. The van der Waals surface area contributed by atoms with Crippen LogP contribution in [0.3, 0.4) is 0 Å². The molecule has 0 amide bonds. The molecule has 0 spiro atoms. The Labute approximate surface area is 93.8 Å². The van der Waals surface area contributed by atoms with Crippen molar-refractivity contribution in [3.63, 3.8) is 0 Å². The van der Waals surface area contributed by atoms with E-state index in [1.165, 1.54) is 6.08 Å². The van der Waals surface area contributed by atoms with E-state index in [9.17, 15) is 9.59 Å². The predicted molar refractivity (Wildman–Crippen MR) is 59.9 cm³/mol. The van der Waals surface area contributed by atoms with Gasteiger partial charge < -0.3 is 4.57 Å². The first kappa shape index (κ1) is 9.58. The van der Waals surface area contributed by atoms with Crippen molar-refractivity contribution in [1.29, 1.82) is 0 Å². The van der Waals surface area contributed by atoms with Crippen molar-refractivity contribution in [3.8, 4) is 0 Å². The number of aromatic nitrogens is 1. The van der Waals surface area contributed by atoms with Crippen LogP contribution in [-0.4, -0.2) is 16.1 Å². The van der Waals surface area contributed by atoms with Crippen molar-refractivity contribution < 1.29 is 9.59 Å². The second-order valence-corrected chi connectivity index (χ2v) is 4.56. The van der Waals surface area contributed by atoms with Crippen molar-refractivity contribution >= 4 is 11.6 Å². The average molecular weight is 215 g/mol. The number of hydrogen-bond acceptors (Lipinski definition) is 2. The maximum Gasteiger partial charge on any atom is 0.191 e. The molecule has 16 heavy (non-hydrogen) atoms. The number of hydrogen-bond donors (Lipinski definition) is 0. The zero-order valence-corrected chi connectivity index (χ0v) is 9.46. The first-order valence-corrected chi connectivity index (χ1v) is 5.60. The van der Waals surface area contributed by atoms with Crippen LogP contribution in [0.1, 0.15) is 45.4 Å². The van der Waals surface area contributed by atoms with Gasteiger partial charge in [0.05, 0.1) is 11.1 Å². The zero-order valence-electron chi connectivity index (χ0n) is 9.46. The molecule has 2 heterocycles. The Hall–Kier alpha value is -1.64. The van der Waals surface area contributed by atoms with Crippen molar-refractivity contribution in [2.75, 3.05) is 0 Å². The summed E-state index contributed by atoms with van der Waals surface area (Å²) in [7, 11) is 0. The second-order valence-electron chi connectivity index (χ2n) is 4.56. The second kappa shape index (κ2) is 2.94. The molecule has 3 heteroatoms. The fourth-order valence-corrected chi connectivity index (χ4v) is 2.84. The molecule has 3 rings (SSSR count). The molecule has 1 aromatic rings. The molecule has 0 aromatic carbocycles. The molecule has 1 aromatic heterocycles. The highest BCUT2D eigenvalue weighted by atomic mass is 16.1. The maximum atomic E-state index is 12.1. The van der Waals surface area contributed by atoms with Crippen LogP contribution >= 0.6 is 0 Å². The standard InChI is InChI=1S/C13H13NO2/c1-7-6-10(15)11-8(2)14-5-3-4-9(14)12(11)13(7)16/h6H,3-5H2,1-2H3. The number of ketones is 2. The zero-order chi connectivity index (χ0) is 11.4. The highest BCUT2D eigenvalue weighted by Crippen LogP contribution is 2.33. The van der Waals surface area contributed by atoms with Crippen LogP contribution in [0, 0.1) is 6.92 Å². The number of rotatable bonds is 0. The quantitative estimate of drug-likeness (QED) is 0.664. The predicted octanol–water partition coefficient (Wildman–Crippen LogP) is 2.07. The lowest BCUT2D eigenvalue weighted by Gasteiger charge is -2.10. The summed E-state index contributed by atoms with van der Waals surface area (Å²) < 4.78 is 2.13. The summed E-state index contributed by atoms with van der Waals surface area (Å²) in [5.74, 6) is 0.0276. The van der Waals surface area contributed by atoms with Gasteiger partial charge in [-0.2, -0.15) is 0 Å². The lowest BCUT2D eigenvalue weighted by atomic mass is 9.90. The molecule has 0 atom stereocenters. The molecule has 0 bridgehead atoms. The Kier molecular flexibility index (Phi) is 1.76. The van der Waals surface area contributed by atoms with Crippen LogP contribution in [0.25, 0.3) is 0 Å². The topological polar surface area (TPSA) is 39.1 Å². The fraction of sp³-hybridized carbons (Fsp3) is 0.385. The molecule has 82 valence electrons. The SMILES string of the molecule is CC1=CC(=O)c2c(c3n(c2C)CCC3)C1=O. The van der Waals surface area contributed by atoms with E-state index in [-0.39, 0.29) is 11.6 Å².